The van der Waals surface area contributed by atoms with E-state index in [2.05, 4.69) is 25.1 Å². The fourth-order valence-corrected chi connectivity index (χ4v) is 3.96. The highest BCUT2D eigenvalue weighted by Crippen LogP contribution is 2.32. The second-order valence-electron chi connectivity index (χ2n) is 7.66. The highest BCUT2D eigenvalue weighted by molar-refractivity contribution is 7.85. The Hall–Kier alpha value is -3.18. The second-order valence-corrected chi connectivity index (χ2v) is 9.01. The van der Waals surface area contributed by atoms with E-state index in [0.29, 0.717) is 5.69 Å². The van der Waals surface area contributed by atoms with Crippen molar-refractivity contribution < 1.29 is 32.3 Å². The first-order valence-electron chi connectivity index (χ1n) is 9.79. The van der Waals surface area contributed by atoms with Crippen molar-refractivity contribution in [3.05, 3.63) is 30.1 Å². The number of carbonyl (C=O) groups is 1. The van der Waals surface area contributed by atoms with Gasteiger partial charge >= 0.3 is 10.3 Å². The normalized spacial score (nSPS) is 23.4. The van der Waals surface area contributed by atoms with E-state index in [9.17, 15) is 23.4 Å². The van der Waals surface area contributed by atoms with E-state index in [1.165, 1.54) is 23.3 Å². The van der Waals surface area contributed by atoms with E-state index in [1.807, 2.05) is 13.8 Å². The topological polar surface area (TPSA) is 220 Å². The number of ether oxygens (including phenoxy) is 1. The minimum absolute atomic E-state index is 0.0582. The van der Waals surface area contributed by atoms with Gasteiger partial charge in [0, 0.05) is 5.69 Å². The predicted octanol–water partition coefficient (Wildman–Crippen LogP) is -1.43. The van der Waals surface area contributed by atoms with Crippen LogP contribution in [0.15, 0.2) is 18.7 Å². The minimum Gasteiger partial charge on any atom is -0.387 e. The fourth-order valence-electron chi connectivity index (χ4n) is 3.25. The van der Waals surface area contributed by atoms with Crippen LogP contribution < -0.4 is 10.5 Å². The lowest BCUT2D eigenvalue weighted by Crippen LogP contribution is -2.38. The van der Waals surface area contributed by atoms with Crippen molar-refractivity contribution in [2.24, 2.45) is 0 Å². The van der Waals surface area contributed by atoms with Gasteiger partial charge in [-0.1, -0.05) is 13.8 Å². The Bertz CT molecular complexity index is 1270. The number of aliphatic hydroxyl groups is 2. The Labute approximate surface area is 187 Å². The molecular weight excluding hydrogens is 460 g/mol. The van der Waals surface area contributed by atoms with Gasteiger partial charge in [-0.2, -0.15) is 13.5 Å². The summed E-state index contributed by atoms with van der Waals surface area (Å²) in [6.45, 7) is 3.06. The molecule has 33 heavy (non-hydrogen) atoms. The van der Waals surface area contributed by atoms with Gasteiger partial charge in [0.15, 0.2) is 23.4 Å². The summed E-state index contributed by atoms with van der Waals surface area (Å²) in [5.74, 6) is -0.820. The molecule has 15 nitrogen and oxygen atoms in total. The van der Waals surface area contributed by atoms with Crippen LogP contribution in [0.25, 0.3) is 11.2 Å². The number of aliphatic hydroxyl groups excluding tert-OH is 2. The van der Waals surface area contributed by atoms with Crippen LogP contribution in [0.3, 0.4) is 0 Å². The molecule has 0 saturated carbocycles. The molecule has 1 aliphatic rings. The molecule has 0 unspecified atom stereocenters. The molecule has 1 amide bonds. The summed E-state index contributed by atoms with van der Waals surface area (Å²) >= 11 is 0. The molecule has 0 aromatic carbocycles. The van der Waals surface area contributed by atoms with Crippen molar-refractivity contribution in [1.29, 1.82) is 0 Å². The summed E-state index contributed by atoms with van der Waals surface area (Å²) in [5.41, 5.74) is 6.78. The highest BCUT2D eigenvalue weighted by Gasteiger charge is 2.45. The van der Waals surface area contributed by atoms with Crippen molar-refractivity contribution in [1.82, 2.24) is 34.4 Å². The van der Waals surface area contributed by atoms with Crippen LogP contribution in [-0.2, 0) is 19.2 Å². The maximum atomic E-state index is 12.2. The summed E-state index contributed by atoms with van der Waals surface area (Å²) in [4.78, 5) is 24.1. The maximum Gasteiger partial charge on any atom is 0.362 e. The first-order valence-corrected chi connectivity index (χ1v) is 11.2. The monoisotopic (exact) mass is 482 g/mol. The van der Waals surface area contributed by atoms with Crippen LogP contribution in [0.2, 0.25) is 0 Å². The number of fused-ring (bicyclic) bond motifs is 1. The van der Waals surface area contributed by atoms with Crippen molar-refractivity contribution in [3.8, 4) is 0 Å². The van der Waals surface area contributed by atoms with Crippen LogP contribution in [0.5, 0.6) is 0 Å². The van der Waals surface area contributed by atoms with Gasteiger partial charge in [0.25, 0.3) is 5.91 Å². The van der Waals surface area contributed by atoms with Crippen LogP contribution >= 0.6 is 0 Å². The number of nitrogen functional groups attached to an aromatic ring is 1. The zero-order valence-corrected chi connectivity index (χ0v) is 18.3. The molecule has 178 valence electrons. The fraction of sp³-hybridized carbons (Fsp3) is 0.471. The third-order valence-corrected chi connectivity index (χ3v) is 5.94. The van der Waals surface area contributed by atoms with E-state index < -0.39 is 47.4 Å². The van der Waals surface area contributed by atoms with Gasteiger partial charge in [0.2, 0.25) is 0 Å². The van der Waals surface area contributed by atoms with E-state index in [0.717, 1.165) is 0 Å². The van der Waals surface area contributed by atoms with Gasteiger partial charge in [-0.3, -0.25) is 18.6 Å². The standard InChI is InChI=1S/C17H22N8O7S/c1-7(2)8-3-9(23-22-8)16(28)24-33(29,30)31-4-10-12(26)13(27)17(32-10)25-6-21-11-14(18)19-5-20-15(11)25/h3,5-7,10,12-13,17,26-27H,4H2,1-2H3,(H,22,23)(H,24,28)(H2,18,19,20)/t10-,12-,13-,17-/m1/s1. The third kappa shape index (κ3) is 4.51. The average molecular weight is 482 g/mol. The van der Waals surface area contributed by atoms with Crippen LogP contribution in [0.4, 0.5) is 5.82 Å². The molecular formula is C17H22N8O7S. The molecule has 0 aliphatic carbocycles. The average Bonchev–Trinajstić information content (AvgIpc) is 3.46. The number of imidazole rings is 1. The first kappa shape index (κ1) is 23.0. The van der Waals surface area contributed by atoms with Gasteiger partial charge in [-0.05, 0) is 12.0 Å². The van der Waals surface area contributed by atoms with Crippen LogP contribution in [0.1, 0.15) is 42.2 Å². The molecule has 6 N–H and O–H groups in total. The van der Waals surface area contributed by atoms with E-state index >= 15 is 0 Å². The number of H-pyrrole nitrogens is 1. The number of nitrogens with zero attached hydrogens (tertiary/aromatic N) is 5. The summed E-state index contributed by atoms with van der Waals surface area (Å²) < 4.78 is 37.8. The Kier molecular flexibility index (Phi) is 6.02. The minimum atomic E-state index is -4.56. The quantitative estimate of drug-likeness (QED) is 0.261. The van der Waals surface area contributed by atoms with Crippen LogP contribution in [0, 0.1) is 0 Å². The molecule has 1 aliphatic heterocycles. The molecule has 4 atom stereocenters. The molecule has 0 radical (unpaired) electrons. The van der Waals surface area contributed by atoms with Crippen LogP contribution in [-0.4, -0.2) is 79.2 Å². The molecule has 1 saturated heterocycles. The Morgan fingerprint density at radius 3 is 2.79 bits per heavy atom. The molecule has 3 aromatic rings. The Morgan fingerprint density at radius 2 is 2.09 bits per heavy atom. The van der Waals surface area contributed by atoms with Crippen molar-refractivity contribution in [2.45, 2.75) is 44.3 Å². The molecule has 4 rings (SSSR count). The SMILES string of the molecule is CC(C)c1cc(C(=O)NS(=O)(=O)OC[C@H]2O[C@@H](n3cnc4c(N)ncnc43)[C@H](O)[C@@H]2O)n[nH]1. The van der Waals surface area contributed by atoms with E-state index in [4.69, 9.17) is 14.7 Å². The number of hydrogen-bond acceptors (Lipinski definition) is 12. The Morgan fingerprint density at radius 1 is 1.33 bits per heavy atom. The molecule has 0 spiro atoms. The molecule has 3 aromatic heterocycles. The zero-order chi connectivity index (χ0) is 23.9. The number of anilines is 1. The molecule has 1 fully saturated rings. The summed E-state index contributed by atoms with van der Waals surface area (Å²) in [5, 5.41) is 27.1. The number of nitrogens with two attached hydrogens (primary N) is 1. The number of nitrogens with one attached hydrogen (secondary N) is 2. The van der Waals surface area contributed by atoms with Crippen molar-refractivity contribution in [3.63, 3.8) is 0 Å². The maximum absolute atomic E-state index is 12.2. The lowest BCUT2D eigenvalue weighted by atomic mass is 10.1. The smallest absolute Gasteiger partial charge is 0.362 e. The zero-order valence-electron chi connectivity index (χ0n) is 17.5. The number of aromatic amines is 1. The number of aromatic nitrogens is 6. The van der Waals surface area contributed by atoms with E-state index in [-0.39, 0.29) is 28.6 Å². The van der Waals surface area contributed by atoms with Gasteiger partial charge in [0.1, 0.15) is 30.2 Å². The molecule has 0 bridgehead atoms. The molecule has 16 heteroatoms. The van der Waals surface area contributed by atoms with Gasteiger partial charge < -0.3 is 20.7 Å². The van der Waals surface area contributed by atoms with E-state index in [1.54, 1.807) is 4.72 Å². The lowest BCUT2D eigenvalue weighted by molar-refractivity contribution is -0.0468. The van der Waals surface area contributed by atoms with Crippen molar-refractivity contribution in [2.75, 3.05) is 12.3 Å². The number of rotatable bonds is 7. The number of carbonyl (C=O) groups excluding carboxylic acids is 1. The highest BCUT2D eigenvalue weighted by atomic mass is 32.2. The lowest BCUT2D eigenvalue weighted by Gasteiger charge is -2.16. The number of hydrogen-bond donors (Lipinski definition) is 5. The second kappa shape index (κ2) is 8.64. The Balaban J connectivity index is 1.41. The summed E-state index contributed by atoms with van der Waals surface area (Å²) in [6.07, 6.45) is -2.85. The largest absolute Gasteiger partial charge is 0.387 e. The summed E-state index contributed by atoms with van der Waals surface area (Å²) in [7, 11) is -4.56. The van der Waals surface area contributed by atoms with Gasteiger partial charge in [-0.15, -0.1) is 0 Å². The first-order chi connectivity index (χ1) is 15.6. The molecule has 4 heterocycles. The van der Waals surface area contributed by atoms with Crippen molar-refractivity contribution >= 4 is 33.2 Å². The van der Waals surface area contributed by atoms with Gasteiger partial charge in [0.05, 0.1) is 12.9 Å². The third-order valence-electron chi connectivity index (χ3n) is 5.06. The van der Waals surface area contributed by atoms with Gasteiger partial charge in [-0.25, -0.2) is 19.7 Å². The number of amides is 1. The summed E-state index contributed by atoms with van der Waals surface area (Å²) in [6, 6.07) is 1.42. The predicted molar refractivity (Wildman–Crippen MR) is 111 cm³/mol.